The predicted octanol–water partition coefficient (Wildman–Crippen LogP) is 0.402. The lowest BCUT2D eigenvalue weighted by molar-refractivity contribution is -0.388. The molecule has 132 valence electrons. The molecule has 2 aliphatic heterocycles. The summed E-state index contributed by atoms with van der Waals surface area (Å²) < 4.78 is 40.8. The molecule has 0 amide bonds. The third kappa shape index (κ3) is 3.14. The highest BCUT2D eigenvalue weighted by atomic mass is 32.2. The molecule has 8 nitrogen and oxygen atoms in total. The molecule has 1 aromatic carbocycles. The fourth-order valence-corrected chi connectivity index (χ4v) is 4.99. The molecule has 2 heterocycles. The van der Waals surface area contributed by atoms with Crippen molar-refractivity contribution in [2.75, 3.05) is 39.3 Å². The maximum atomic E-state index is 14.1. The second kappa shape index (κ2) is 6.71. The minimum Gasteiger partial charge on any atom is -0.314 e. The Bertz CT molecular complexity index is 736. The van der Waals surface area contributed by atoms with Crippen molar-refractivity contribution in [3.8, 4) is 0 Å². The molecule has 2 saturated heterocycles. The van der Waals surface area contributed by atoms with Gasteiger partial charge < -0.3 is 5.32 Å². The van der Waals surface area contributed by atoms with Gasteiger partial charge in [-0.15, -0.1) is 0 Å². The predicted molar refractivity (Wildman–Crippen MR) is 84.7 cm³/mol. The van der Waals surface area contributed by atoms with E-state index in [9.17, 15) is 22.9 Å². The molecule has 10 heteroatoms. The summed E-state index contributed by atoms with van der Waals surface area (Å²) in [6.07, 6.45) is 0.640. The molecule has 0 spiro atoms. The highest BCUT2D eigenvalue weighted by Crippen LogP contribution is 2.31. The van der Waals surface area contributed by atoms with Gasteiger partial charge >= 0.3 is 0 Å². The summed E-state index contributed by atoms with van der Waals surface area (Å²) in [7, 11) is -4.24. The number of nitro benzene ring substituents is 1. The molecule has 1 N–H and O–H groups in total. The largest absolute Gasteiger partial charge is 0.314 e. The fraction of sp³-hybridized carbons (Fsp3) is 0.571. The molecule has 0 aliphatic carbocycles. The van der Waals surface area contributed by atoms with Crippen LogP contribution in [-0.2, 0) is 10.0 Å². The molecule has 24 heavy (non-hydrogen) atoms. The number of nitrogens with one attached hydrogen (secondary N) is 1. The standard InChI is InChI=1S/C14H19FN4O4S/c15-12-2-1-3-13(19(20)21)14(12)24(22,23)18-7-4-11(10-18)17-8-5-16-6-9-17/h1-3,11,16H,4-10H2. The van der Waals surface area contributed by atoms with Crippen molar-refractivity contribution < 1.29 is 17.7 Å². The lowest BCUT2D eigenvalue weighted by Gasteiger charge is -2.32. The molecule has 0 bridgehead atoms. The first-order chi connectivity index (χ1) is 11.4. The zero-order valence-corrected chi connectivity index (χ0v) is 13.8. The molecule has 2 aliphatic rings. The van der Waals surface area contributed by atoms with E-state index in [0.29, 0.717) is 6.42 Å². The quantitative estimate of drug-likeness (QED) is 0.618. The van der Waals surface area contributed by atoms with Gasteiger partial charge in [0.1, 0.15) is 5.82 Å². The second-order valence-corrected chi connectivity index (χ2v) is 7.81. The van der Waals surface area contributed by atoms with Crippen molar-refractivity contribution in [1.29, 1.82) is 0 Å². The third-order valence-corrected chi connectivity index (χ3v) is 6.47. The number of nitro groups is 1. The van der Waals surface area contributed by atoms with Crippen molar-refractivity contribution in [3.05, 3.63) is 34.1 Å². The first kappa shape index (κ1) is 17.2. The van der Waals surface area contributed by atoms with Crippen molar-refractivity contribution in [2.24, 2.45) is 0 Å². The van der Waals surface area contributed by atoms with E-state index in [1.54, 1.807) is 0 Å². The third-order valence-electron chi connectivity index (χ3n) is 4.53. The maximum absolute atomic E-state index is 14.1. The summed E-state index contributed by atoms with van der Waals surface area (Å²) in [4.78, 5) is 11.6. The van der Waals surface area contributed by atoms with Gasteiger partial charge in [-0.1, -0.05) is 6.07 Å². The Kier molecular flexibility index (Phi) is 4.81. The highest BCUT2D eigenvalue weighted by Gasteiger charge is 2.40. The zero-order valence-electron chi connectivity index (χ0n) is 13.0. The molecule has 0 saturated carbocycles. The minimum atomic E-state index is -4.24. The van der Waals surface area contributed by atoms with Crippen LogP contribution in [0.15, 0.2) is 23.1 Å². The lowest BCUT2D eigenvalue weighted by Crippen LogP contribution is -2.49. The summed E-state index contributed by atoms with van der Waals surface area (Å²) in [5, 5.41) is 14.3. The van der Waals surface area contributed by atoms with Crippen LogP contribution in [0.4, 0.5) is 10.1 Å². The average molecular weight is 358 g/mol. The number of piperazine rings is 1. The smallest absolute Gasteiger partial charge is 0.292 e. The van der Waals surface area contributed by atoms with Crippen LogP contribution in [0.2, 0.25) is 0 Å². The van der Waals surface area contributed by atoms with Gasteiger partial charge in [0, 0.05) is 51.4 Å². The molecular weight excluding hydrogens is 339 g/mol. The Balaban J connectivity index is 1.86. The first-order valence-electron chi connectivity index (χ1n) is 7.79. The number of sulfonamides is 1. The van der Waals surface area contributed by atoms with Gasteiger partial charge in [0.25, 0.3) is 15.7 Å². The molecule has 2 fully saturated rings. The lowest BCUT2D eigenvalue weighted by atomic mass is 10.2. The number of hydrogen-bond donors (Lipinski definition) is 1. The number of benzene rings is 1. The van der Waals surface area contributed by atoms with Crippen molar-refractivity contribution in [1.82, 2.24) is 14.5 Å². The summed E-state index contributed by atoms with van der Waals surface area (Å²) >= 11 is 0. The van der Waals surface area contributed by atoms with Crippen LogP contribution in [0.5, 0.6) is 0 Å². The van der Waals surface area contributed by atoms with E-state index < -0.39 is 31.3 Å². The summed E-state index contributed by atoms with van der Waals surface area (Å²) in [6, 6.07) is 3.15. The van der Waals surface area contributed by atoms with E-state index in [2.05, 4.69) is 10.2 Å². The van der Waals surface area contributed by atoms with Crippen LogP contribution in [0, 0.1) is 15.9 Å². The number of hydrogen-bond acceptors (Lipinski definition) is 6. The number of nitrogens with zero attached hydrogens (tertiary/aromatic N) is 3. The summed E-state index contributed by atoms with van der Waals surface area (Å²) in [6.45, 7) is 3.83. The Morgan fingerprint density at radius 2 is 1.96 bits per heavy atom. The Morgan fingerprint density at radius 1 is 1.25 bits per heavy atom. The maximum Gasteiger partial charge on any atom is 0.292 e. The SMILES string of the molecule is O=[N+]([O-])c1cccc(F)c1S(=O)(=O)N1CCC(N2CCNCC2)C1. The molecule has 1 unspecified atom stereocenters. The molecular formula is C14H19FN4O4S. The van der Waals surface area contributed by atoms with Crippen LogP contribution in [0.1, 0.15) is 6.42 Å². The van der Waals surface area contributed by atoms with E-state index in [1.807, 2.05) is 0 Å². The van der Waals surface area contributed by atoms with E-state index >= 15 is 0 Å². The van der Waals surface area contributed by atoms with Gasteiger partial charge in [0.05, 0.1) is 4.92 Å². The molecule has 1 aromatic rings. The zero-order chi connectivity index (χ0) is 17.3. The average Bonchev–Trinajstić information content (AvgIpc) is 3.06. The van der Waals surface area contributed by atoms with E-state index in [-0.39, 0.29) is 19.1 Å². The van der Waals surface area contributed by atoms with Crippen LogP contribution in [0.3, 0.4) is 0 Å². The summed E-state index contributed by atoms with van der Waals surface area (Å²) in [5.74, 6) is -1.09. The second-order valence-electron chi connectivity index (χ2n) is 5.94. The number of halogens is 1. The van der Waals surface area contributed by atoms with Gasteiger partial charge in [-0.25, -0.2) is 12.8 Å². The van der Waals surface area contributed by atoms with Crippen LogP contribution < -0.4 is 5.32 Å². The molecule has 0 aromatic heterocycles. The Hall–Kier alpha value is -1.62. The van der Waals surface area contributed by atoms with E-state index in [1.165, 1.54) is 0 Å². The topological polar surface area (TPSA) is 95.8 Å². The minimum absolute atomic E-state index is 0.0627. The Morgan fingerprint density at radius 3 is 2.62 bits per heavy atom. The molecule has 3 rings (SSSR count). The van der Waals surface area contributed by atoms with Crippen molar-refractivity contribution >= 4 is 15.7 Å². The first-order valence-corrected chi connectivity index (χ1v) is 9.23. The fourth-order valence-electron chi connectivity index (χ4n) is 3.30. The van der Waals surface area contributed by atoms with Crippen molar-refractivity contribution in [3.63, 3.8) is 0 Å². The van der Waals surface area contributed by atoms with Crippen molar-refractivity contribution in [2.45, 2.75) is 17.4 Å². The molecule has 0 radical (unpaired) electrons. The van der Waals surface area contributed by atoms with Gasteiger partial charge in [-0.05, 0) is 12.5 Å². The summed E-state index contributed by atoms with van der Waals surface area (Å²) in [5.41, 5.74) is -0.722. The van der Waals surface area contributed by atoms with Gasteiger partial charge in [0.2, 0.25) is 0 Å². The van der Waals surface area contributed by atoms with E-state index in [4.69, 9.17) is 0 Å². The van der Waals surface area contributed by atoms with Gasteiger partial charge in [-0.2, -0.15) is 4.31 Å². The normalized spacial score (nSPS) is 23.5. The molecule has 1 atom stereocenters. The monoisotopic (exact) mass is 358 g/mol. The van der Waals surface area contributed by atoms with Gasteiger partial charge in [0.15, 0.2) is 4.90 Å². The highest BCUT2D eigenvalue weighted by molar-refractivity contribution is 7.89. The van der Waals surface area contributed by atoms with Gasteiger partial charge in [-0.3, -0.25) is 15.0 Å². The van der Waals surface area contributed by atoms with Crippen LogP contribution >= 0.6 is 0 Å². The van der Waals surface area contributed by atoms with Crippen LogP contribution in [-0.4, -0.2) is 67.9 Å². The van der Waals surface area contributed by atoms with Crippen LogP contribution in [0.25, 0.3) is 0 Å². The van der Waals surface area contributed by atoms with E-state index in [0.717, 1.165) is 48.7 Å². The number of rotatable bonds is 4. The Labute approximate surface area is 139 Å².